The van der Waals surface area contributed by atoms with Crippen LogP contribution in [0.5, 0.6) is 0 Å². The second-order valence-corrected chi connectivity index (χ2v) is 4.42. The maximum Gasteiger partial charge on any atom is 0.509 e. The van der Waals surface area contributed by atoms with Gasteiger partial charge in [0.2, 0.25) is 0 Å². The van der Waals surface area contributed by atoms with Crippen molar-refractivity contribution in [3.63, 3.8) is 0 Å². The molecule has 3 nitrogen and oxygen atoms in total. The Bertz CT molecular complexity index is 664. The summed E-state index contributed by atoms with van der Waals surface area (Å²) in [4.78, 5) is 10.0. The minimum Gasteiger partial charge on any atom is -0.445 e. The molecule has 0 bridgehead atoms. The third-order valence-corrected chi connectivity index (χ3v) is 2.89. The highest BCUT2D eigenvalue weighted by Gasteiger charge is 2.24. The Morgan fingerprint density at radius 1 is 0.857 bits per heavy atom. The largest absolute Gasteiger partial charge is 0.509 e. The van der Waals surface area contributed by atoms with E-state index in [0.717, 1.165) is 17.7 Å². The standard InChI is InChI=1S/C14H10BF3NO2/c16-15(17,18)13-7-3-11(4-8-13)1-2-12-5-9-14(10-6-12)19(20)21/h1-10H/q-1/b2-1+. The first-order chi connectivity index (χ1) is 9.86. The maximum atomic E-state index is 12.5. The summed E-state index contributed by atoms with van der Waals surface area (Å²) in [6.45, 7) is -4.98. The lowest BCUT2D eigenvalue weighted by Crippen LogP contribution is -2.33. The number of hydrogen-bond donors (Lipinski definition) is 0. The first-order valence-corrected chi connectivity index (χ1v) is 6.09. The molecule has 7 heteroatoms. The fraction of sp³-hybridized carbons (Fsp3) is 0. The lowest BCUT2D eigenvalue weighted by atomic mass is 9.80. The molecule has 0 N–H and O–H groups in total. The highest BCUT2D eigenvalue weighted by molar-refractivity contribution is 6.73. The summed E-state index contributed by atoms with van der Waals surface area (Å²) < 4.78 is 37.4. The summed E-state index contributed by atoms with van der Waals surface area (Å²) in [5.74, 6) is 0. The van der Waals surface area contributed by atoms with Crippen molar-refractivity contribution in [2.75, 3.05) is 0 Å². The summed E-state index contributed by atoms with van der Waals surface area (Å²) in [5, 5.41) is 10.5. The Labute approximate surface area is 118 Å². The van der Waals surface area contributed by atoms with Crippen LogP contribution in [0.3, 0.4) is 0 Å². The van der Waals surface area contributed by atoms with Crippen molar-refractivity contribution in [2.24, 2.45) is 0 Å². The molecule has 2 rings (SSSR count). The van der Waals surface area contributed by atoms with Gasteiger partial charge in [-0.05, 0) is 23.3 Å². The predicted octanol–water partition coefficient (Wildman–Crippen LogP) is 3.82. The second kappa shape index (κ2) is 5.82. The van der Waals surface area contributed by atoms with Crippen molar-refractivity contribution in [3.05, 3.63) is 69.8 Å². The molecule has 0 unspecified atom stereocenters. The van der Waals surface area contributed by atoms with Crippen LogP contribution >= 0.6 is 0 Å². The Morgan fingerprint density at radius 2 is 1.29 bits per heavy atom. The molecule has 21 heavy (non-hydrogen) atoms. The maximum absolute atomic E-state index is 12.5. The van der Waals surface area contributed by atoms with E-state index in [0.29, 0.717) is 5.56 Å². The van der Waals surface area contributed by atoms with Gasteiger partial charge < -0.3 is 12.9 Å². The summed E-state index contributed by atoms with van der Waals surface area (Å²) in [5.41, 5.74) is 0.702. The highest BCUT2D eigenvalue weighted by Crippen LogP contribution is 2.15. The van der Waals surface area contributed by atoms with Crippen LogP contribution in [0.4, 0.5) is 18.6 Å². The van der Waals surface area contributed by atoms with Crippen molar-refractivity contribution in [3.8, 4) is 0 Å². The zero-order valence-electron chi connectivity index (χ0n) is 10.7. The molecule has 108 valence electrons. The van der Waals surface area contributed by atoms with Gasteiger partial charge >= 0.3 is 6.98 Å². The molecule has 0 heterocycles. The third kappa shape index (κ3) is 3.95. The first kappa shape index (κ1) is 14.8. The number of nitrogens with zero attached hydrogens (tertiary/aromatic N) is 1. The van der Waals surface area contributed by atoms with Crippen LogP contribution in [0.15, 0.2) is 48.5 Å². The molecule has 0 amide bonds. The molecule has 0 aliphatic heterocycles. The number of non-ortho nitro benzene ring substituents is 1. The van der Waals surface area contributed by atoms with Gasteiger partial charge in [0.25, 0.3) is 5.69 Å². The van der Waals surface area contributed by atoms with Gasteiger partial charge in [-0.15, -0.1) is 5.46 Å². The zero-order chi connectivity index (χ0) is 15.5. The van der Waals surface area contributed by atoms with Gasteiger partial charge in [0.15, 0.2) is 0 Å². The van der Waals surface area contributed by atoms with Gasteiger partial charge in [-0.25, -0.2) is 0 Å². The highest BCUT2D eigenvalue weighted by atomic mass is 19.4. The van der Waals surface area contributed by atoms with Crippen molar-refractivity contribution in [1.82, 2.24) is 0 Å². The van der Waals surface area contributed by atoms with Gasteiger partial charge in [0, 0.05) is 12.1 Å². The van der Waals surface area contributed by atoms with Crippen LogP contribution in [-0.4, -0.2) is 11.9 Å². The van der Waals surface area contributed by atoms with Gasteiger partial charge in [-0.2, -0.15) is 0 Å². The minimum atomic E-state index is -4.98. The molecule has 0 aliphatic carbocycles. The van der Waals surface area contributed by atoms with Crippen LogP contribution in [0.1, 0.15) is 11.1 Å². The van der Waals surface area contributed by atoms with E-state index in [2.05, 4.69) is 0 Å². The van der Waals surface area contributed by atoms with Gasteiger partial charge in [-0.1, -0.05) is 36.4 Å². The lowest BCUT2D eigenvalue weighted by molar-refractivity contribution is -0.384. The molecule has 0 aromatic heterocycles. The molecule has 0 saturated heterocycles. The molecule has 0 atom stereocenters. The van der Waals surface area contributed by atoms with Crippen molar-refractivity contribution >= 4 is 30.3 Å². The number of nitro benzene ring substituents is 1. The predicted molar refractivity (Wildman–Crippen MR) is 77.2 cm³/mol. The van der Waals surface area contributed by atoms with E-state index < -0.39 is 17.4 Å². The smallest absolute Gasteiger partial charge is 0.445 e. The molecule has 0 saturated carbocycles. The van der Waals surface area contributed by atoms with Crippen molar-refractivity contribution < 1.29 is 17.9 Å². The Morgan fingerprint density at radius 3 is 1.67 bits per heavy atom. The summed E-state index contributed by atoms with van der Waals surface area (Å²) in [7, 11) is 0. The second-order valence-electron chi connectivity index (χ2n) is 4.42. The van der Waals surface area contributed by atoms with Gasteiger partial charge in [-0.3, -0.25) is 10.1 Å². The fourth-order valence-electron chi connectivity index (χ4n) is 1.72. The minimum absolute atomic E-state index is 0.0103. The number of rotatable bonds is 4. The summed E-state index contributed by atoms with van der Waals surface area (Å²) >= 11 is 0. The van der Waals surface area contributed by atoms with Crippen LogP contribution in [0.25, 0.3) is 12.2 Å². The average Bonchev–Trinajstić information content (AvgIpc) is 2.45. The summed E-state index contributed by atoms with van der Waals surface area (Å²) in [6, 6.07) is 10.7. The molecule has 0 aliphatic rings. The van der Waals surface area contributed by atoms with Gasteiger partial charge in [0.1, 0.15) is 0 Å². The zero-order valence-corrected chi connectivity index (χ0v) is 10.7. The molecular formula is C14H10BF3NO2-. The fourth-order valence-corrected chi connectivity index (χ4v) is 1.72. The Balaban J connectivity index is 2.12. The summed E-state index contributed by atoms with van der Waals surface area (Å²) in [6.07, 6.45) is 3.33. The van der Waals surface area contributed by atoms with Gasteiger partial charge in [0.05, 0.1) is 4.92 Å². The third-order valence-electron chi connectivity index (χ3n) is 2.89. The number of halogens is 3. The lowest BCUT2D eigenvalue weighted by Gasteiger charge is -2.14. The molecule has 0 spiro atoms. The van der Waals surface area contributed by atoms with E-state index in [1.807, 2.05) is 0 Å². The average molecular weight is 292 g/mol. The van der Waals surface area contributed by atoms with E-state index in [-0.39, 0.29) is 5.69 Å². The molecule has 2 aromatic carbocycles. The van der Waals surface area contributed by atoms with Crippen LogP contribution in [0.2, 0.25) is 0 Å². The van der Waals surface area contributed by atoms with E-state index in [9.17, 15) is 23.1 Å². The number of hydrogen-bond acceptors (Lipinski definition) is 2. The number of nitro groups is 1. The van der Waals surface area contributed by atoms with Crippen molar-refractivity contribution in [2.45, 2.75) is 0 Å². The topological polar surface area (TPSA) is 43.1 Å². The molecule has 0 radical (unpaired) electrons. The SMILES string of the molecule is O=[N+]([O-])c1ccc(/C=C/c2ccc([B-](F)(F)F)cc2)cc1. The molecular weight excluding hydrogens is 282 g/mol. The molecule has 0 fully saturated rings. The van der Waals surface area contributed by atoms with Crippen LogP contribution < -0.4 is 5.46 Å². The van der Waals surface area contributed by atoms with Crippen molar-refractivity contribution in [1.29, 1.82) is 0 Å². The Hall–Kier alpha value is -2.57. The van der Waals surface area contributed by atoms with E-state index in [1.165, 1.54) is 24.3 Å². The number of benzene rings is 2. The van der Waals surface area contributed by atoms with E-state index in [1.54, 1.807) is 24.3 Å². The quantitative estimate of drug-likeness (QED) is 0.372. The monoisotopic (exact) mass is 292 g/mol. The first-order valence-electron chi connectivity index (χ1n) is 6.09. The van der Waals surface area contributed by atoms with E-state index in [4.69, 9.17) is 0 Å². The normalized spacial score (nSPS) is 11.8. The molecule has 2 aromatic rings. The van der Waals surface area contributed by atoms with Crippen LogP contribution in [0, 0.1) is 10.1 Å². The van der Waals surface area contributed by atoms with E-state index >= 15 is 0 Å². The van der Waals surface area contributed by atoms with Crippen LogP contribution in [-0.2, 0) is 0 Å². The Kier molecular flexibility index (Phi) is 4.11.